The van der Waals surface area contributed by atoms with Gasteiger partial charge in [0, 0.05) is 19.4 Å². The molecule has 2 heterocycles. The molecular formula is C10H10N6. The van der Waals surface area contributed by atoms with Gasteiger partial charge in [0.2, 0.25) is 5.95 Å². The lowest BCUT2D eigenvalue weighted by Gasteiger charge is -2.04. The maximum absolute atomic E-state index is 8.68. The highest BCUT2D eigenvalue weighted by Gasteiger charge is 2.00. The lowest BCUT2D eigenvalue weighted by atomic mass is 10.4. The van der Waals surface area contributed by atoms with E-state index in [9.17, 15) is 0 Å². The van der Waals surface area contributed by atoms with E-state index in [1.54, 1.807) is 23.1 Å². The topological polar surface area (TPSA) is 79.4 Å². The number of hydrogen-bond acceptors (Lipinski definition) is 5. The number of nitriles is 1. The van der Waals surface area contributed by atoms with Gasteiger partial charge in [-0.2, -0.15) is 10.4 Å². The van der Waals surface area contributed by atoms with Crippen molar-refractivity contribution in [1.29, 1.82) is 5.26 Å². The van der Waals surface area contributed by atoms with E-state index < -0.39 is 0 Å². The molecule has 2 aromatic heterocycles. The summed E-state index contributed by atoms with van der Waals surface area (Å²) in [4.78, 5) is 8.02. The largest absolute Gasteiger partial charge is 0.349 e. The van der Waals surface area contributed by atoms with E-state index in [2.05, 4.69) is 20.4 Å². The first kappa shape index (κ1) is 10.1. The van der Waals surface area contributed by atoms with Crippen molar-refractivity contribution in [2.75, 3.05) is 5.32 Å². The van der Waals surface area contributed by atoms with Crippen LogP contribution < -0.4 is 5.32 Å². The van der Waals surface area contributed by atoms with Crippen LogP contribution in [0, 0.1) is 11.3 Å². The van der Waals surface area contributed by atoms with Crippen molar-refractivity contribution in [2.45, 2.75) is 6.54 Å². The molecule has 0 aliphatic rings. The zero-order valence-electron chi connectivity index (χ0n) is 8.75. The Morgan fingerprint density at radius 1 is 1.44 bits per heavy atom. The molecular weight excluding hydrogens is 204 g/mol. The summed E-state index contributed by atoms with van der Waals surface area (Å²) in [5.41, 5.74) is 1.37. The zero-order chi connectivity index (χ0) is 11.4. The van der Waals surface area contributed by atoms with Crippen LogP contribution in [-0.4, -0.2) is 19.7 Å². The summed E-state index contributed by atoms with van der Waals surface area (Å²) in [6, 6.07) is 5.43. The predicted octanol–water partition coefficient (Wildman–Crippen LogP) is 0.694. The second kappa shape index (κ2) is 4.40. The smallest absolute Gasteiger partial charge is 0.224 e. The Kier molecular flexibility index (Phi) is 2.78. The maximum atomic E-state index is 8.68. The second-order valence-electron chi connectivity index (χ2n) is 3.18. The zero-order valence-corrected chi connectivity index (χ0v) is 8.75. The number of aromatic nitrogens is 4. The maximum Gasteiger partial charge on any atom is 0.224 e. The third-order valence-corrected chi connectivity index (χ3v) is 2.12. The van der Waals surface area contributed by atoms with Crippen LogP contribution in [0.2, 0.25) is 0 Å². The van der Waals surface area contributed by atoms with Crippen molar-refractivity contribution in [2.24, 2.45) is 7.05 Å². The van der Waals surface area contributed by atoms with Gasteiger partial charge in [-0.05, 0) is 12.1 Å². The molecule has 0 aliphatic carbocycles. The van der Waals surface area contributed by atoms with E-state index in [0.717, 1.165) is 5.69 Å². The van der Waals surface area contributed by atoms with Crippen molar-refractivity contribution >= 4 is 5.95 Å². The number of hydrogen-bond donors (Lipinski definition) is 1. The number of nitrogens with one attached hydrogen (secondary N) is 1. The first-order chi connectivity index (χ1) is 7.79. The van der Waals surface area contributed by atoms with Crippen molar-refractivity contribution in [3.63, 3.8) is 0 Å². The Labute approximate surface area is 92.6 Å². The van der Waals surface area contributed by atoms with E-state index in [0.29, 0.717) is 18.2 Å². The van der Waals surface area contributed by atoms with Crippen molar-refractivity contribution < 1.29 is 0 Å². The minimum absolute atomic E-state index is 0.350. The molecule has 0 fully saturated rings. The highest BCUT2D eigenvalue weighted by molar-refractivity contribution is 5.30. The first-order valence-corrected chi connectivity index (χ1v) is 4.73. The van der Waals surface area contributed by atoms with Crippen LogP contribution in [0.25, 0.3) is 0 Å². The van der Waals surface area contributed by atoms with Crippen LogP contribution in [0.1, 0.15) is 11.4 Å². The van der Waals surface area contributed by atoms with Crippen LogP contribution in [-0.2, 0) is 13.6 Å². The SMILES string of the molecule is Cn1nccc1CNc1nccc(C#N)n1. The first-order valence-electron chi connectivity index (χ1n) is 4.73. The fourth-order valence-corrected chi connectivity index (χ4v) is 1.25. The monoisotopic (exact) mass is 214 g/mol. The molecule has 0 aromatic carbocycles. The van der Waals surface area contributed by atoms with Crippen LogP contribution in [0.15, 0.2) is 24.5 Å². The minimum Gasteiger partial charge on any atom is -0.349 e. The third kappa shape index (κ3) is 2.15. The van der Waals surface area contributed by atoms with Gasteiger partial charge in [-0.25, -0.2) is 9.97 Å². The molecule has 1 N–H and O–H groups in total. The van der Waals surface area contributed by atoms with E-state index in [1.165, 1.54) is 0 Å². The molecule has 16 heavy (non-hydrogen) atoms. The molecule has 0 saturated heterocycles. The van der Waals surface area contributed by atoms with Crippen LogP contribution in [0.3, 0.4) is 0 Å². The van der Waals surface area contributed by atoms with Gasteiger partial charge in [0.25, 0.3) is 0 Å². The number of rotatable bonds is 3. The summed E-state index contributed by atoms with van der Waals surface area (Å²) in [5, 5.41) is 15.8. The number of anilines is 1. The lowest BCUT2D eigenvalue weighted by molar-refractivity contribution is 0.719. The molecule has 0 amide bonds. The van der Waals surface area contributed by atoms with Gasteiger partial charge in [-0.15, -0.1) is 0 Å². The Morgan fingerprint density at radius 2 is 2.31 bits per heavy atom. The molecule has 0 bridgehead atoms. The third-order valence-electron chi connectivity index (χ3n) is 2.12. The molecule has 2 rings (SSSR count). The van der Waals surface area contributed by atoms with Crippen molar-refractivity contribution in [3.8, 4) is 6.07 Å². The van der Waals surface area contributed by atoms with Gasteiger partial charge in [-0.3, -0.25) is 4.68 Å². The van der Waals surface area contributed by atoms with Gasteiger partial charge in [0.1, 0.15) is 11.8 Å². The van der Waals surface area contributed by atoms with Crippen LogP contribution in [0.5, 0.6) is 0 Å². The summed E-state index contributed by atoms with van der Waals surface area (Å²) in [7, 11) is 1.86. The highest BCUT2D eigenvalue weighted by atomic mass is 15.3. The minimum atomic E-state index is 0.350. The number of nitrogens with zero attached hydrogens (tertiary/aromatic N) is 5. The van der Waals surface area contributed by atoms with Gasteiger partial charge >= 0.3 is 0 Å². The van der Waals surface area contributed by atoms with E-state index in [4.69, 9.17) is 5.26 Å². The van der Waals surface area contributed by atoms with E-state index in [-0.39, 0.29) is 0 Å². The predicted molar refractivity (Wildman–Crippen MR) is 57.3 cm³/mol. The normalized spacial score (nSPS) is 9.75. The Hall–Kier alpha value is -2.42. The van der Waals surface area contributed by atoms with Gasteiger partial charge < -0.3 is 5.32 Å². The Bertz CT molecular complexity index is 524. The summed E-state index contributed by atoms with van der Waals surface area (Å²) in [5.74, 6) is 0.445. The lowest BCUT2D eigenvalue weighted by Crippen LogP contribution is -2.08. The highest BCUT2D eigenvalue weighted by Crippen LogP contribution is 2.03. The molecule has 0 unspecified atom stereocenters. The Morgan fingerprint density at radius 3 is 3.00 bits per heavy atom. The molecule has 0 radical (unpaired) electrons. The van der Waals surface area contributed by atoms with Gasteiger partial charge in [-0.1, -0.05) is 0 Å². The van der Waals surface area contributed by atoms with Gasteiger partial charge in [0.15, 0.2) is 0 Å². The Balaban J connectivity index is 2.05. The molecule has 0 aliphatic heterocycles. The van der Waals surface area contributed by atoms with E-state index >= 15 is 0 Å². The molecule has 0 saturated carbocycles. The summed E-state index contributed by atoms with van der Waals surface area (Å²) in [6.45, 7) is 0.575. The van der Waals surface area contributed by atoms with Crippen molar-refractivity contribution in [3.05, 3.63) is 35.9 Å². The molecule has 0 spiro atoms. The quantitative estimate of drug-likeness (QED) is 0.813. The number of aryl methyl sites for hydroxylation is 1. The second-order valence-corrected chi connectivity index (χ2v) is 3.18. The molecule has 80 valence electrons. The van der Waals surface area contributed by atoms with Crippen LogP contribution >= 0.6 is 0 Å². The van der Waals surface area contributed by atoms with E-state index in [1.807, 2.05) is 19.2 Å². The van der Waals surface area contributed by atoms with Crippen molar-refractivity contribution in [1.82, 2.24) is 19.7 Å². The summed E-state index contributed by atoms with van der Waals surface area (Å²) < 4.78 is 1.77. The van der Waals surface area contributed by atoms with Crippen LogP contribution in [0.4, 0.5) is 5.95 Å². The molecule has 6 nitrogen and oxygen atoms in total. The molecule has 2 aromatic rings. The van der Waals surface area contributed by atoms with Gasteiger partial charge in [0.05, 0.1) is 12.2 Å². The average Bonchev–Trinajstić information content (AvgIpc) is 2.72. The summed E-state index contributed by atoms with van der Waals surface area (Å²) >= 11 is 0. The molecule has 0 atom stereocenters. The molecule has 6 heteroatoms. The fraction of sp³-hybridized carbons (Fsp3) is 0.200. The fourth-order valence-electron chi connectivity index (χ4n) is 1.25. The average molecular weight is 214 g/mol. The standard InChI is InChI=1S/C10H10N6/c1-16-9(3-5-14-16)7-13-10-12-4-2-8(6-11)15-10/h2-5H,7H2,1H3,(H,12,13,15). The summed E-state index contributed by atoms with van der Waals surface area (Å²) in [6.07, 6.45) is 3.28.